The molecular formula is C12H13NS. The highest BCUT2D eigenvalue weighted by molar-refractivity contribution is 7.20. The largest absolute Gasteiger partial charge is 0.355 e. The van der Waals surface area contributed by atoms with Gasteiger partial charge in [0.15, 0.2) is 0 Å². The third kappa shape index (κ3) is 1.42. The molecule has 0 aliphatic heterocycles. The number of allylic oxidation sites excluding steroid dienone is 2. The molecule has 2 heteroatoms. The van der Waals surface area contributed by atoms with Crippen molar-refractivity contribution in [2.24, 2.45) is 7.05 Å². The van der Waals surface area contributed by atoms with E-state index in [1.54, 1.807) is 0 Å². The van der Waals surface area contributed by atoms with Gasteiger partial charge in [-0.25, -0.2) is 0 Å². The summed E-state index contributed by atoms with van der Waals surface area (Å²) in [5, 5.41) is 1.36. The van der Waals surface area contributed by atoms with Crippen molar-refractivity contribution < 1.29 is 0 Å². The summed E-state index contributed by atoms with van der Waals surface area (Å²) in [6.45, 7) is 5.84. The average molecular weight is 203 g/mol. The van der Waals surface area contributed by atoms with Crippen LogP contribution in [0, 0.1) is 6.92 Å². The van der Waals surface area contributed by atoms with Crippen LogP contribution in [-0.2, 0) is 7.05 Å². The van der Waals surface area contributed by atoms with Crippen molar-refractivity contribution in [3.8, 4) is 0 Å². The summed E-state index contributed by atoms with van der Waals surface area (Å²) in [5.41, 5.74) is 1.36. The van der Waals surface area contributed by atoms with Gasteiger partial charge in [0.1, 0.15) is 0 Å². The zero-order valence-electron chi connectivity index (χ0n) is 8.45. The highest BCUT2D eigenvalue weighted by Crippen LogP contribution is 2.32. The average Bonchev–Trinajstić information content (AvgIpc) is 2.63. The van der Waals surface area contributed by atoms with Crippen LogP contribution in [0.25, 0.3) is 16.2 Å². The van der Waals surface area contributed by atoms with Crippen molar-refractivity contribution in [2.45, 2.75) is 6.92 Å². The third-order valence-electron chi connectivity index (χ3n) is 2.30. The second kappa shape index (κ2) is 3.46. The summed E-state index contributed by atoms with van der Waals surface area (Å²) < 4.78 is 3.46. The van der Waals surface area contributed by atoms with E-state index in [0.717, 1.165) is 0 Å². The minimum absolute atomic E-state index is 1.33. The minimum atomic E-state index is 1.33. The summed E-state index contributed by atoms with van der Waals surface area (Å²) in [7, 11) is 2.06. The SMILES string of the molecule is C=C/C=C\c1sc2cn(C)cc2c1C. The number of fused-ring (bicyclic) bond motifs is 1. The fraction of sp³-hybridized carbons (Fsp3) is 0.167. The Morgan fingerprint density at radius 1 is 1.43 bits per heavy atom. The zero-order valence-corrected chi connectivity index (χ0v) is 9.27. The molecule has 1 nitrogen and oxygen atoms in total. The monoisotopic (exact) mass is 203 g/mol. The van der Waals surface area contributed by atoms with Gasteiger partial charge in [0, 0.05) is 29.7 Å². The molecule has 0 aliphatic carbocycles. The molecule has 0 unspecified atom stereocenters. The predicted octanol–water partition coefficient (Wildman–Crippen LogP) is 3.75. The second-order valence-electron chi connectivity index (χ2n) is 3.39. The van der Waals surface area contributed by atoms with E-state index in [-0.39, 0.29) is 0 Å². The van der Waals surface area contributed by atoms with Gasteiger partial charge in [-0.3, -0.25) is 0 Å². The highest BCUT2D eigenvalue weighted by Gasteiger charge is 2.06. The maximum atomic E-state index is 3.67. The van der Waals surface area contributed by atoms with E-state index in [0.29, 0.717) is 0 Å². The molecule has 0 amide bonds. The molecule has 14 heavy (non-hydrogen) atoms. The lowest BCUT2D eigenvalue weighted by molar-refractivity contribution is 0.933. The maximum absolute atomic E-state index is 3.67. The number of rotatable bonds is 2. The molecule has 2 rings (SSSR count). The Labute approximate surface area is 88.0 Å². The lowest BCUT2D eigenvalue weighted by Crippen LogP contribution is -1.78. The van der Waals surface area contributed by atoms with Gasteiger partial charge in [-0.1, -0.05) is 18.7 Å². The van der Waals surface area contributed by atoms with Gasteiger partial charge in [-0.2, -0.15) is 0 Å². The Balaban J connectivity index is 2.58. The van der Waals surface area contributed by atoms with E-state index in [4.69, 9.17) is 0 Å². The highest BCUT2D eigenvalue weighted by atomic mass is 32.1. The van der Waals surface area contributed by atoms with Crippen LogP contribution >= 0.6 is 11.3 Å². The number of nitrogens with zero attached hydrogens (tertiary/aromatic N) is 1. The second-order valence-corrected chi connectivity index (χ2v) is 4.47. The maximum Gasteiger partial charge on any atom is 0.0528 e. The topological polar surface area (TPSA) is 4.93 Å². The normalized spacial score (nSPS) is 11.6. The number of thiophene rings is 1. The van der Waals surface area contributed by atoms with Gasteiger partial charge in [-0.05, 0) is 18.6 Å². The molecule has 0 bridgehead atoms. The van der Waals surface area contributed by atoms with Crippen molar-refractivity contribution in [1.82, 2.24) is 4.57 Å². The molecule has 0 fully saturated rings. The molecule has 2 heterocycles. The molecule has 0 aliphatic rings. The van der Waals surface area contributed by atoms with Crippen LogP contribution in [0.15, 0.2) is 31.1 Å². The molecule has 2 aromatic heterocycles. The van der Waals surface area contributed by atoms with Crippen molar-refractivity contribution >= 4 is 27.5 Å². The molecule has 0 N–H and O–H groups in total. The van der Waals surface area contributed by atoms with E-state index < -0.39 is 0 Å². The van der Waals surface area contributed by atoms with Crippen LogP contribution in [-0.4, -0.2) is 4.57 Å². The van der Waals surface area contributed by atoms with Gasteiger partial charge >= 0.3 is 0 Å². The van der Waals surface area contributed by atoms with Crippen LogP contribution in [0.3, 0.4) is 0 Å². The van der Waals surface area contributed by atoms with E-state index >= 15 is 0 Å². The molecular weight excluding hydrogens is 190 g/mol. The van der Waals surface area contributed by atoms with Crippen LogP contribution in [0.2, 0.25) is 0 Å². The van der Waals surface area contributed by atoms with Crippen molar-refractivity contribution in [3.05, 3.63) is 41.6 Å². The standard InChI is InChI=1S/C12H13NS/c1-4-5-6-11-9(2)10-7-13(3)8-12(10)14-11/h4-8H,1H2,2-3H3/b6-5-. The predicted molar refractivity (Wildman–Crippen MR) is 64.8 cm³/mol. The van der Waals surface area contributed by atoms with Gasteiger partial charge in [0.2, 0.25) is 0 Å². The number of aryl methyl sites for hydroxylation is 2. The first-order valence-corrected chi connectivity index (χ1v) is 5.38. The fourth-order valence-electron chi connectivity index (χ4n) is 1.56. The van der Waals surface area contributed by atoms with E-state index in [2.05, 4.69) is 43.6 Å². The quantitative estimate of drug-likeness (QED) is 0.655. The fourth-order valence-corrected chi connectivity index (χ4v) is 2.75. The number of hydrogen-bond donors (Lipinski definition) is 0. The van der Waals surface area contributed by atoms with Crippen molar-refractivity contribution in [1.29, 1.82) is 0 Å². The summed E-state index contributed by atoms with van der Waals surface area (Å²) in [6, 6.07) is 0. The lowest BCUT2D eigenvalue weighted by atomic mass is 10.2. The Hall–Kier alpha value is -1.28. The molecule has 72 valence electrons. The summed E-state index contributed by atoms with van der Waals surface area (Å²) in [5.74, 6) is 0. The first-order chi connectivity index (χ1) is 6.72. The van der Waals surface area contributed by atoms with Gasteiger partial charge in [0.25, 0.3) is 0 Å². The first kappa shape index (κ1) is 9.28. The minimum Gasteiger partial charge on any atom is -0.355 e. The van der Waals surface area contributed by atoms with Crippen molar-refractivity contribution in [3.63, 3.8) is 0 Å². The van der Waals surface area contributed by atoms with E-state index in [1.807, 2.05) is 23.5 Å². The summed E-state index contributed by atoms with van der Waals surface area (Å²) in [4.78, 5) is 1.33. The van der Waals surface area contributed by atoms with E-state index in [9.17, 15) is 0 Å². The number of hydrogen-bond acceptors (Lipinski definition) is 1. The molecule has 0 aromatic carbocycles. The molecule has 2 aromatic rings. The number of aromatic nitrogens is 1. The Morgan fingerprint density at radius 2 is 2.21 bits per heavy atom. The van der Waals surface area contributed by atoms with Gasteiger partial charge in [0.05, 0.1) is 4.70 Å². The Bertz CT molecular complexity index is 500. The summed E-state index contributed by atoms with van der Waals surface area (Å²) >= 11 is 1.83. The lowest BCUT2D eigenvalue weighted by Gasteiger charge is -1.90. The Morgan fingerprint density at radius 3 is 2.86 bits per heavy atom. The van der Waals surface area contributed by atoms with Gasteiger partial charge in [-0.15, -0.1) is 11.3 Å². The smallest absolute Gasteiger partial charge is 0.0528 e. The third-order valence-corrected chi connectivity index (χ3v) is 3.50. The van der Waals surface area contributed by atoms with Crippen LogP contribution < -0.4 is 0 Å². The molecule has 0 radical (unpaired) electrons. The van der Waals surface area contributed by atoms with Crippen LogP contribution in [0.4, 0.5) is 0 Å². The first-order valence-electron chi connectivity index (χ1n) is 4.56. The van der Waals surface area contributed by atoms with Gasteiger partial charge < -0.3 is 4.57 Å². The molecule has 0 saturated carbocycles. The zero-order chi connectivity index (χ0) is 10.1. The molecule has 0 spiro atoms. The van der Waals surface area contributed by atoms with Crippen LogP contribution in [0.5, 0.6) is 0 Å². The molecule has 0 atom stereocenters. The van der Waals surface area contributed by atoms with Crippen molar-refractivity contribution in [2.75, 3.05) is 0 Å². The van der Waals surface area contributed by atoms with Crippen LogP contribution in [0.1, 0.15) is 10.4 Å². The Kier molecular flexibility index (Phi) is 2.30. The van der Waals surface area contributed by atoms with E-state index in [1.165, 1.54) is 20.5 Å². The molecule has 0 saturated heterocycles. The summed E-state index contributed by atoms with van der Waals surface area (Å²) in [6.07, 6.45) is 10.2.